The van der Waals surface area contributed by atoms with Crippen molar-refractivity contribution < 1.29 is 9.90 Å². The van der Waals surface area contributed by atoms with Crippen molar-refractivity contribution in [3.05, 3.63) is 0 Å². The second-order valence-electron chi connectivity index (χ2n) is 7.57. The molecule has 1 saturated heterocycles. The normalized spacial score (nSPS) is 36.7. The number of likely N-dealkylation sites (tertiary alicyclic amines) is 1. The number of rotatable bonds is 2. The summed E-state index contributed by atoms with van der Waals surface area (Å²) in [6.45, 7) is 4.26. The highest BCUT2D eigenvalue weighted by Gasteiger charge is 2.40. The second kappa shape index (κ2) is 5.67. The van der Waals surface area contributed by atoms with Crippen LogP contribution in [-0.2, 0) is 4.79 Å². The average Bonchev–Trinajstić information content (AvgIpc) is 2.81. The monoisotopic (exact) mass is 279 g/mol. The minimum Gasteiger partial charge on any atom is -0.389 e. The van der Waals surface area contributed by atoms with E-state index in [1.54, 1.807) is 0 Å². The number of amides is 1. The van der Waals surface area contributed by atoms with E-state index in [4.69, 9.17) is 0 Å². The summed E-state index contributed by atoms with van der Waals surface area (Å²) in [6, 6.07) is 0. The molecular weight excluding hydrogens is 250 g/mol. The lowest BCUT2D eigenvalue weighted by Crippen LogP contribution is -2.49. The van der Waals surface area contributed by atoms with Crippen LogP contribution in [-0.4, -0.2) is 34.6 Å². The van der Waals surface area contributed by atoms with Gasteiger partial charge in [-0.1, -0.05) is 32.6 Å². The van der Waals surface area contributed by atoms with Crippen molar-refractivity contribution in [2.75, 3.05) is 13.1 Å². The molecule has 1 aliphatic heterocycles. The number of piperidine rings is 1. The van der Waals surface area contributed by atoms with Gasteiger partial charge >= 0.3 is 0 Å². The third-order valence-electron chi connectivity index (χ3n) is 6.16. The van der Waals surface area contributed by atoms with E-state index in [-0.39, 0.29) is 5.91 Å². The maximum atomic E-state index is 12.6. The smallest absolute Gasteiger partial charge is 0.225 e. The Labute approximate surface area is 122 Å². The first-order valence-corrected chi connectivity index (χ1v) is 8.58. The van der Waals surface area contributed by atoms with Crippen LogP contribution < -0.4 is 0 Å². The van der Waals surface area contributed by atoms with E-state index < -0.39 is 5.60 Å². The molecule has 0 spiro atoms. The summed E-state index contributed by atoms with van der Waals surface area (Å²) in [7, 11) is 0. The van der Waals surface area contributed by atoms with Crippen LogP contribution in [0.5, 0.6) is 0 Å². The van der Waals surface area contributed by atoms with E-state index in [1.165, 1.54) is 25.7 Å². The molecule has 114 valence electrons. The first-order valence-electron chi connectivity index (χ1n) is 8.58. The Hall–Kier alpha value is -0.570. The molecule has 2 saturated carbocycles. The van der Waals surface area contributed by atoms with Gasteiger partial charge in [-0.3, -0.25) is 4.79 Å². The largest absolute Gasteiger partial charge is 0.389 e. The maximum absolute atomic E-state index is 12.6. The van der Waals surface area contributed by atoms with Gasteiger partial charge in [0, 0.05) is 13.1 Å². The summed E-state index contributed by atoms with van der Waals surface area (Å²) >= 11 is 0. The molecule has 2 bridgehead atoms. The maximum Gasteiger partial charge on any atom is 0.225 e. The molecule has 3 nitrogen and oxygen atoms in total. The van der Waals surface area contributed by atoms with Crippen LogP contribution >= 0.6 is 0 Å². The molecule has 3 fully saturated rings. The Bertz CT molecular complexity index is 346. The molecule has 3 aliphatic rings. The molecule has 0 aromatic heterocycles. The minimum atomic E-state index is -0.689. The number of carbonyl (C=O) groups is 1. The molecule has 2 atom stereocenters. The zero-order valence-electron chi connectivity index (χ0n) is 12.8. The van der Waals surface area contributed by atoms with Crippen molar-refractivity contribution >= 4 is 5.91 Å². The van der Waals surface area contributed by atoms with Gasteiger partial charge in [-0.2, -0.15) is 0 Å². The van der Waals surface area contributed by atoms with E-state index in [2.05, 4.69) is 11.8 Å². The van der Waals surface area contributed by atoms with Crippen LogP contribution in [0, 0.1) is 17.8 Å². The van der Waals surface area contributed by atoms with Crippen LogP contribution in [0.4, 0.5) is 0 Å². The van der Waals surface area contributed by atoms with Gasteiger partial charge in [0.15, 0.2) is 0 Å². The van der Waals surface area contributed by atoms with Crippen molar-refractivity contribution in [2.24, 2.45) is 17.8 Å². The Morgan fingerprint density at radius 1 is 1.10 bits per heavy atom. The van der Waals surface area contributed by atoms with Crippen LogP contribution in [0.2, 0.25) is 0 Å². The highest BCUT2D eigenvalue weighted by molar-refractivity contribution is 5.77. The van der Waals surface area contributed by atoms with Gasteiger partial charge in [0.25, 0.3) is 0 Å². The number of carbonyl (C=O) groups excluding carboxylic acids is 1. The summed E-state index contributed by atoms with van der Waals surface area (Å²) in [4.78, 5) is 14.7. The summed E-state index contributed by atoms with van der Waals surface area (Å²) < 4.78 is 0. The zero-order chi connectivity index (χ0) is 14.2. The highest BCUT2D eigenvalue weighted by Crippen LogP contribution is 2.39. The summed E-state index contributed by atoms with van der Waals surface area (Å²) in [5.74, 6) is 2.37. The lowest BCUT2D eigenvalue weighted by molar-refractivity contribution is -0.140. The Morgan fingerprint density at radius 3 is 2.20 bits per heavy atom. The molecule has 3 rings (SSSR count). The number of nitrogens with zero attached hydrogens (tertiary/aromatic N) is 1. The Balaban J connectivity index is 1.63. The standard InChI is InChI=1S/C17H29NO2/c1-13-14-6-2-3-7-15(13)12-18(11-14)16(19)10-17(20)8-4-5-9-17/h13-15,20H,2-12H2,1H3. The first-order chi connectivity index (χ1) is 9.57. The summed E-state index contributed by atoms with van der Waals surface area (Å²) in [5.41, 5.74) is -0.689. The lowest BCUT2D eigenvalue weighted by atomic mass is 9.78. The lowest BCUT2D eigenvalue weighted by Gasteiger charge is -2.42. The molecule has 0 aromatic carbocycles. The van der Waals surface area contributed by atoms with Crippen molar-refractivity contribution in [3.8, 4) is 0 Å². The van der Waals surface area contributed by atoms with Crippen molar-refractivity contribution in [2.45, 2.75) is 70.3 Å². The molecule has 20 heavy (non-hydrogen) atoms. The van der Waals surface area contributed by atoms with Crippen LogP contribution in [0.3, 0.4) is 0 Å². The molecule has 1 amide bonds. The predicted octanol–water partition coefficient (Wildman–Crippen LogP) is 2.97. The first kappa shape index (κ1) is 14.4. The average molecular weight is 279 g/mol. The van der Waals surface area contributed by atoms with E-state index in [9.17, 15) is 9.90 Å². The van der Waals surface area contributed by atoms with Crippen LogP contribution in [0.15, 0.2) is 0 Å². The SMILES string of the molecule is CC1C2CCCCC1CN(C(=O)CC1(O)CCCC1)C2. The number of hydrogen-bond acceptors (Lipinski definition) is 2. The quantitative estimate of drug-likeness (QED) is 0.844. The van der Waals surface area contributed by atoms with Crippen molar-refractivity contribution in [1.82, 2.24) is 4.90 Å². The molecule has 3 heteroatoms. The molecule has 2 unspecified atom stereocenters. The van der Waals surface area contributed by atoms with Crippen LogP contribution in [0.1, 0.15) is 64.7 Å². The van der Waals surface area contributed by atoms with Gasteiger partial charge in [-0.25, -0.2) is 0 Å². The van der Waals surface area contributed by atoms with E-state index in [1.807, 2.05) is 0 Å². The number of aliphatic hydroxyl groups is 1. The molecule has 0 radical (unpaired) electrons. The van der Waals surface area contributed by atoms with E-state index in [0.717, 1.165) is 44.7 Å². The van der Waals surface area contributed by atoms with Crippen LogP contribution in [0.25, 0.3) is 0 Å². The third-order valence-corrected chi connectivity index (χ3v) is 6.16. The molecule has 0 aromatic rings. The summed E-state index contributed by atoms with van der Waals surface area (Å²) in [6.07, 6.45) is 9.37. The van der Waals surface area contributed by atoms with Gasteiger partial charge in [0.1, 0.15) is 0 Å². The molecule has 2 aliphatic carbocycles. The molecule has 1 heterocycles. The Morgan fingerprint density at radius 2 is 1.65 bits per heavy atom. The van der Waals surface area contributed by atoms with Crippen molar-refractivity contribution in [1.29, 1.82) is 0 Å². The van der Waals surface area contributed by atoms with Gasteiger partial charge < -0.3 is 10.0 Å². The number of fused-ring (bicyclic) bond motifs is 2. The zero-order valence-corrected chi connectivity index (χ0v) is 12.8. The van der Waals surface area contributed by atoms with Gasteiger partial charge in [-0.05, 0) is 43.4 Å². The molecule has 1 N–H and O–H groups in total. The van der Waals surface area contributed by atoms with E-state index in [0.29, 0.717) is 18.3 Å². The van der Waals surface area contributed by atoms with Crippen molar-refractivity contribution in [3.63, 3.8) is 0 Å². The fourth-order valence-corrected chi connectivity index (χ4v) is 4.69. The van der Waals surface area contributed by atoms with Gasteiger partial charge in [0.05, 0.1) is 12.0 Å². The van der Waals surface area contributed by atoms with Gasteiger partial charge in [-0.15, -0.1) is 0 Å². The predicted molar refractivity (Wildman–Crippen MR) is 79.2 cm³/mol. The minimum absolute atomic E-state index is 0.207. The highest BCUT2D eigenvalue weighted by atomic mass is 16.3. The fraction of sp³-hybridized carbons (Fsp3) is 0.941. The van der Waals surface area contributed by atoms with Gasteiger partial charge in [0.2, 0.25) is 5.91 Å². The number of hydrogen-bond donors (Lipinski definition) is 1. The molecular formula is C17H29NO2. The summed E-state index contributed by atoms with van der Waals surface area (Å²) in [5, 5.41) is 10.5. The van der Waals surface area contributed by atoms with E-state index >= 15 is 0 Å². The second-order valence-corrected chi connectivity index (χ2v) is 7.57. The Kier molecular flexibility index (Phi) is 4.07. The fourth-order valence-electron chi connectivity index (χ4n) is 4.69. The topological polar surface area (TPSA) is 40.5 Å². The third kappa shape index (κ3) is 2.88.